The zero-order valence-electron chi connectivity index (χ0n) is 22.0. The Morgan fingerprint density at radius 3 is 2.03 bits per heavy atom. The molecule has 8 heteroatoms. The zero-order chi connectivity index (χ0) is 26.7. The summed E-state index contributed by atoms with van der Waals surface area (Å²) in [6.07, 6.45) is 0.203. The third kappa shape index (κ3) is 5.01. The van der Waals surface area contributed by atoms with Crippen LogP contribution in [-0.4, -0.2) is 40.5 Å². The molecule has 3 aromatic rings. The second-order valence-electron chi connectivity index (χ2n) is 8.60. The number of rotatable bonds is 9. The summed E-state index contributed by atoms with van der Waals surface area (Å²) in [5, 5.41) is 0.585. The third-order valence-electron chi connectivity index (χ3n) is 6.40. The minimum Gasteiger partial charge on any atom is -0.493 e. The molecule has 4 rings (SSSR count). The molecular weight excluding hydrogens is 494 g/mol. The first kappa shape index (κ1) is 26.5. The largest absolute Gasteiger partial charge is 0.493 e. The molecule has 3 aromatic carbocycles. The monoisotopic (exact) mass is 525 g/mol. The van der Waals surface area contributed by atoms with Crippen molar-refractivity contribution in [3.8, 4) is 28.7 Å². The van der Waals surface area contributed by atoms with Gasteiger partial charge in [0, 0.05) is 10.7 Å². The smallest absolute Gasteiger partial charge is 0.232 e. The van der Waals surface area contributed by atoms with Crippen LogP contribution in [0.25, 0.3) is 0 Å². The molecule has 0 saturated heterocycles. The maximum Gasteiger partial charge on any atom is 0.232 e. The predicted octanol–water partition coefficient (Wildman–Crippen LogP) is 6.15. The van der Waals surface area contributed by atoms with Crippen molar-refractivity contribution in [1.29, 1.82) is 0 Å². The molecule has 1 aliphatic heterocycles. The lowest BCUT2D eigenvalue weighted by molar-refractivity contribution is -0.118. The van der Waals surface area contributed by atoms with E-state index in [2.05, 4.69) is 0 Å². The van der Waals surface area contributed by atoms with Crippen LogP contribution in [0.15, 0.2) is 42.5 Å². The van der Waals surface area contributed by atoms with Gasteiger partial charge in [0.05, 0.1) is 47.0 Å². The second-order valence-corrected chi connectivity index (χ2v) is 9.01. The molecule has 37 heavy (non-hydrogen) atoms. The molecule has 0 N–H and O–H groups in total. The molecule has 1 aliphatic rings. The molecule has 0 aromatic heterocycles. The van der Waals surface area contributed by atoms with Crippen LogP contribution in [0.5, 0.6) is 28.7 Å². The van der Waals surface area contributed by atoms with Crippen molar-refractivity contribution in [1.82, 2.24) is 0 Å². The van der Waals surface area contributed by atoms with Crippen LogP contribution in [0.1, 0.15) is 42.1 Å². The van der Waals surface area contributed by atoms with Gasteiger partial charge in [-0.2, -0.15) is 0 Å². The lowest BCUT2D eigenvalue weighted by Gasteiger charge is -2.38. The Balaban J connectivity index is 2.01. The molecule has 0 fully saturated rings. The van der Waals surface area contributed by atoms with Crippen LogP contribution in [0.3, 0.4) is 0 Å². The number of halogens is 1. The van der Waals surface area contributed by atoms with Crippen molar-refractivity contribution in [3.63, 3.8) is 0 Å². The Morgan fingerprint density at radius 1 is 0.865 bits per heavy atom. The van der Waals surface area contributed by atoms with Gasteiger partial charge >= 0.3 is 0 Å². The number of amides is 1. The highest BCUT2D eigenvalue weighted by Crippen LogP contribution is 2.47. The fraction of sp³-hybridized carbons (Fsp3) is 0.345. The van der Waals surface area contributed by atoms with Gasteiger partial charge in [-0.25, -0.2) is 0 Å². The highest BCUT2D eigenvalue weighted by Gasteiger charge is 2.37. The summed E-state index contributed by atoms with van der Waals surface area (Å²) in [6, 6.07) is 12.7. The number of methoxy groups -OCH3 is 3. The topological polar surface area (TPSA) is 66.5 Å². The Hall–Kier alpha value is -3.58. The van der Waals surface area contributed by atoms with Crippen molar-refractivity contribution in [2.75, 3.05) is 39.4 Å². The molecule has 0 bridgehead atoms. The van der Waals surface area contributed by atoms with Gasteiger partial charge in [-0.1, -0.05) is 17.7 Å². The zero-order valence-corrected chi connectivity index (χ0v) is 22.8. The van der Waals surface area contributed by atoms with E-state index in [1.165, 1.54) is 0 Å². The van der Waals surface area contributed by atoms with Crippen LogP contribution >= 0.6 is 11.6 Å². The summed E-state index contributed by atoms with van der Waals surface area (Å²) < 4.78 is 28.6. The average molecular weight is 526 g/mol. The van der Waals surface area contributed by atoms with Gasteiger partial charge in [0.15, 0.2) is 23.0 Å². The molecule has 7 nitrogen and oxygen atoms in total. The van der Waals surface area contributed by atoms with E-state index < -0.39 is 6.04 Å². The Bertz CT molecular complexity index is 1280. The quantitative estimate of drug-likeness (QED) is 0.334. The number of carbonyl (C=O) groups is 1. The lowest BCUT2D eigenvalue weighted by Crippen LogP contribution is -2.41. The third-order valence-corrected chi connectivity index (χ3v) is 6.81. The van der Waals surface area contributed by atoms with Crippen molar-refractivity contribution >= 4 is 23.2 Å². The first-order valence-corrected chi connectivity index (χ1v) is 12.5. The van der Waals surface area contributed by atoms with E-state index in [0.717, 1.165) is 22.3 Å². The van der Waals surface area contributed by atoms with Crippen molar-refractivity contribution < 1.29 is 28.5 Å². The van der Waals surface area contributed by atoms with Crippen LogP contribution in [0.2, 0.25) is 5.02 Å². The van der Waals surface area contributed by atoms with Gasteiger partial charge < -0.3 is 28.6 Å². The number of hydrogen-bond donors (Lipinski definition) is 0. The number of benzene rings is 3. The van der Waals surface area contributed by atoms with Gasteiger partial charge in [-0.3, -0.25) is 4.79 Å². The van der Waals surface area contributed by atoms with E-state index in [4.69, 9.17) is 35.3 Å². The summed E-state index contributed by atoms with van der Waals surface area (Å²) in [7, 11) is 4.70. The molecule has 1 heterocycles. The van der Waals surface area contributed by atoms with E-state index >= 15 is 0 Å². The van der Waals surface area contributed by atoms with Gasteiger partial charge in [-0.15, -0.1) is 0 Å². The highest BCUT2D eigenvalue weighted by atomic mass is 35.5. The van der Waals surface area contributed by atoms with Gasteiger partial charge in [0.1, 0.15) is 0 Å². The predicted molar refractivity (Wildman–Crippen MR) is 144 cm³/mol. The number of ether oxygens (including phenoxy) is 5. The number of nitrogens with zero attached hydrogens (tertiary/aromatic N) is 1. The number of aryl methyl sites for hydroxylation is 1. The molecule has 0 spiro atoms. The van der Waals surface area contributed by atoms with Gasteiger partial charge in [0.25, 0.3) is 0 Å². The molecule has 0 aliphatic carbocycles. The molecule has 0 unspecified atom stereocenters. The van der Waals surface area contributed by atoms with Crippen molar-refractivity contribution in [2.45, 2.75) is 33.2 Å². The molecular formula is C29H32ClNO6. The summed E-state index contributed by atoms with van der Waals surface area (Å²) in [5.41, 5.74) is 4.19. The molecule has 0 saturated carbocycles. The fourth-order valence-corrected chi connectivity index (χ4v) is 4.88. The molecule has 1 amide bonds. The van der Waals surface area contributed by atoms with E-state index in [1.807, 2.05) is 63.2 Å². The van der Waals surface area contributed by atoms with E-state index in [9.17, 15) is 4.79 Å². The Morgan fingerprint density at radius 2 is 1.49 bits per heavy atom. The standard InChI is InChI=1S/C29H32ClNO6/c1-7-36-23-11-18-14-27(32)31(20-10-9-17(3)22(30)15-20)28(21(18)16-24(23)37-8-2)19-12-25(33-4)29(35-6)26(13-19)34-5/h9-13,15-16,28H,7-8,14H2,1-6H3/t28-/m1/s1. The second kappa shape index (κ2) is 11.2. The number of fused-ring (bicyclic) bond motifs is 1. The van der Waals surface area contributed by atoms with Crippen LogP contribution in [0.4, 0.5) is 5.69 Å². The van der Waals surface area contributed by atoms with E-state index in [1.54, 1.807) is 26.2 Å². The summed E-state index contributed by atoms with van der Waals surface area (Å²) >= 11 is 6.50. The first-order chi connectivity index (χ1) is 17.9. The number of anilines is 1. The van der Waals surface area contributed by atoms with Crippen molar-refractivity contribution in [2.24, 2.45) is 0 Å². The Labute approximate surface area is 222 Å². The van der Waals surface area contributed by atoms with E-state index in [0.29, 0.717) is 52.7 Å². The summed E-state index contributed by atoms with van der Waals surface area (Å²) in [4.78, 5) is 15.5. The van der Waals surface area contributed by atoms with Crippen LogP contribution in [-0.2, 0) is 11.2 Å². The first-order valence-electron chi connectivity index (χ1n) is 12.2. The van der Waals surface area contributed by atoms with E-state index in [-0.39, 0.29) is 12.3 Å². The normalized spacial score (nSPS) is 14.7. The van der Waals surface area contributed by atoms with Crippen LogP contribution < -0.4 is 28.6 Å². The minimum atomic E-state index is -0.515. The Kier molecular flexibility index (Phi) is 8.03. The fourth-order valence-electron chi connectivity index (χ4n) is 4.71. The molecule has 1 atom stereocenters. The number of hydrogen-bond acceptors (Lipinski definition) is 6. The summed E-state index contributed by atoms with van der Waals surface area (Å²) in [6.45, 7) is 6.73. The lowest BCUT2D eigenvalue weighted by atomic mass is 9.86. The highest BCUT2D eigenvalue weighted by molar-refractivity contribution is 6.31. The molecule has 0 radical (unpaired) electrons. The average Bonchev–Trinajstić information content (AvgIpc) is 2.89. The maximum atomic E-state index is 13.8. The summed E-state index contributed by atoms with van der Waals surface area (Å²) in [5.74, 6) is 2.63. The number of carbonyl (C=O) groups excluding carboxylic acids is 1. The van der Waals surface area contributed by atoms with Gasteiger partial charge in [0.2, 0.25) is 11.7 Å². The molecule has 196 valence electrons. The SMILES string of the molecule is CCOc1cc2c(cc1OCC)[C@@H](c1cc(OC)c(OC)c(OC)c1)N(c1ccc(C)c(Cl)c1)C(=O)C2. The maximum absolute atomic E-state index is 13.8. The van der Waals surface area contributed by atoms with Crippen molar-refractivity contribution in [3.05, 3.63) is 69.7 Å². The van der Waals surface area contributed by atoms with Gasteiger partial charge in [-0.05, 0) is 79.4 Å². The van der Waals surface area contributed by atoms with Crippen LogP contribution in [0, 0.1) is 6.92 Å². The minimum absolute atomic E-state index is 0.0715.